The molecule has 1 heterocycles. The molecule has 56 heavy (non-hydrogen) atoms. The van der Waals surface area contributed by atoms with Crippen LogP contribution in [0.3, 0.4) is 0 Å². The lowest BCUT2D eigenvalue weighted by Crippen LogP contribution is -2.62. The Kier molecular flexibility index (Phi) is 14.7. The van der Waals surface area contributed by atoms with Crippen LogP contribution in [0, 0.1) is 46.3 Å². The fourth-order valence-electron chi connectivity index (χ4n) is 11.3. The summed E-state index contributed by atoms with van der Waals surface area (Å²) in [5.41, 5.74) is -1.64. The highest BCUT2D eigenvalue weighted by Crippen LogP contribution is 2.61. The Bertz CT molecular complexity index is 1440. The smallest absolute Gasteiger partial charge is 0.356 e. The van der Waals surface area contributed by atoms with Gasteiger partial charge in [0.25, 0.3) is 0 Å². The van der Waals surface area contributed by atoms with Gasteiger partial charge < -0.3 is 28.6 Å². The van der Waals surface area contributed by atoms with Crippen LogP contribution in [0.15, 0.2) is 0 Å². The predicted octanol–water partition coefficient (Wildman–Crippen LogP) is 6.73. The predicted molar refractivity (Wildman–Crippen MR) is 216 cm³/mol. The molecule has 11 nitrogen and oxygen atoms in total. The van der Waals surface area contributed by atoms with Gasteiger partial charge in [-0.1, -0.05) is 13.8 Å². The highest BCUT2D eigenvalue weighted by molar-refractivity contribution is 7.97. The van der Waals surface area contributed by atoms with Crippen molar-refractivity contribution in [3.8, 4) is 0 Å². The van der Waals surface area contributed by atoms with Gasteiger partial charge in [0.15, 0.2) is 0 Å². The van der Waals surface area contributed by atoms with E-state index in [1.165, 1.54) is 62.9 Å². The lowest BCUT2D eigenvalue weighted by molar-refractivity contribution is -0.239. The zero-order valence-electron chi connectivity index (χ0n) is 35.4. The van der Waals surface area contributed by atoms with Gasteiger partial charge in [-0.3, -0.25) is 9.59 Å². The molecule has 1 N–H and O–H groups in total. The highest BCUT2D eigenvalue weighted by Gasteiger charge is 2.61. The van der Waals surface area contributed by atoms with Gasteiger partial charge in [0.1, 0.15) is 29.3 Å². The van der Waals surface area contributed by atoms with Gasteiger partial charge in [0.05, 0.1) is 45.5 Å². The van der Waals surface area contributed by atoms with E-state index in [4.69, 9.17) is 19.3 Å². The van der Waals surface area contributed by atoms with Crippen molar-refractivity contribution in [3.63, 3.8) is 0 Å². The quantitative estimate of drug-likeness (QED) is 0.0854. The summed E-state index contributed by atoms with van der Waals surface area (Å²) in [5.74, 6) is 6.58. The normalized spacial score (nSPS) is 35.6. The van der Waals surface area contributed by atoms with Crippen molar-refractivity contribution in [2.75, 3.05) is 42.8 Å². The molecule has 322 valence electrons. The summed E-state index contributed by atoms with van der Waals surface area (Å²) in [5, 5.41) is 9.11. The molecule has 9 fully saturated rings. The minimum Gasteiger partial charge on any atom is -0.748 e. The van der Waals surface area contributed by atoms with E-state index in [-0.39, 0.29) is 42.0 Å². The van der Waals surface area contributed by atoms with Crippen LogP contribution in [0.25, 0.3) is 0 Å². The minimum atomic E-state index is -4.30. The molecule has 0 aromatic heterocycles. The Morgan fingerprint density at radius 1 is 0.750 bits per heavy atom. The Morgan fingerprint density at radius 3 is 1.75 bits per heavy atom. The van der Waals surface area contributed by atoms with Crippen molar-refractivity contribution in [2.24, 2.45) is 46.3 Å². The standard InChI is InChI=1S/C18H30O4.C17H27O2S.C8H16O5S/c1-4-16(2,3)15(20)22-18-10-13-7-14(11-18)9-17(8-13,12-18)21-6-5-19;1-17(19-16(18)11-20-4-2-3-5-20)14-7-12-6-13(9-14)10-15(17)8-12;1-4-8(2,3)7(9)13-5-6-14(10,11)12/h13-14,19H,4-12H2,1-3H3;12-15H,2-11H2,1H3;4-6H2,1-3H3,(H,10,11,12)/q;+1;/p-1. The van der Waals surface area contributed by atoms with Crippen LogP contribution < -0.4 is 0 Å². The molecule has 13 heteroatoms. The Balaban J connectivity index is 0.000000165. The molecule has 9 aliphatic rings. The number of esters is 3. The third-order valence-electron chi connectivity index (χ3n) is 14.7. The summed E-state index contributed by atoms with van der Waals surface area (Å²) in [4.78, 5) is 36.2. The van der Waals surface area contributed by atoms with Gasteiger partial charge in [-0.2, -0.15) is 0 Å². The third kappa shape index (κ3) is 11.2. The maximum Gasteiger partial charge on any atom is 0.356 e. The molecule has 1 aliphatic heterocycles. The van der Waals surface area contributed by atoms with Crippen LogP contribution in [0.2, 0.25) is 0 Å². The number of hydrogen-bond donors (Lipinski definition) is 1. The molecular weight excluding hydrogens is 757 g/mol. The topological polar surface area (TPSA) is 166 Å². The van der Waals surface area contributed by atoms with Crippen molar-refractivity contribution in [2.45, 2.75) is 162 Å². The maximum absolute atomic E-state index is 12.6. The molecule has 0 spiro atoms. The second kappa shape index (κ2) is 18.1. The largest absolute Gasteiger partial charge is 0.748 e. The molecule has 8 bridgehead atoms. The number of carbonyl (C=O) groups is 3. The van der Waals surface area contributed by atoms with Gasteiger partial charge in [0, 0.05) is 6.42 Å². The van der Waals surface area contributed by atoms with Crippen LogP contribution in [-0.4, -0.2) is 95.6 Å². The molecule has 0 amide bonds. The van der Waals surface area contributed by atoms with E-state index in [0.29, 0.717) is 53.3 Å². The van der Waals surface area contributed by atoms with Crippen LogP contribution >= 0.6 is 0 Å². The van der Waals surface area contributed by atoms with Crippen molar-refractivity contribution in [1.82, 2.24) is 0 Å². The molecule has 2 atom stereocenters. The SMILES string of the molecule is CC1(OC(=O)C[S+]2CCCC2)C2CC3CC(C2)CC1C3.CCC(C)(C)C(=O)OC12CC3CC(CC(OCCO)(C3)C1)C2.CCC(C)(C)C(=O)OCCS(=O)(=O)[O-]. The monoisotopic (exact) mass is 828 g/mol. The van der Waals surface area contributed by atoms with Crippen LogP contribution in [-0.2, 0) is 54.3 Å². The lowest BCUT2D eigenvalue weighted by atomic mass is 9.50. The van der Waals surface area contributed by atoms with E-state index in [1.54, 1.807) is 13.8 Å². The number of carbonyl (C=O) groups excluding carboxylic acids is 3. The van der Waals surface area contributed by atoms with E-state index >= 15 is 0 Å². The first-order valence-electron chi connectivity index (χ1n) is 21.6. The zero-order chi connectivity index (χ0) is 41.2. The second-order valence-electron chi connectivity index (χ2n) is 20.0. The molecule has 0 radical (unpaired) electrons. The molecule has 0 aromatic carbocycles. The average molecular weight is 829 g/mol. The minimum absolute atomic E-state index is 0.0609. The van der Waals surface area contributed by atoms with E-state index in [9.17, 15) is 27.4 Å². The molecule has 0 aromatic rings. The summed E-state index contributed by atoms with van der Waals surface area (Å²) in [6.07, 6.45) is 17.0. The van der Waals surface area contributed by atoms with Gasteiger partial charge in [-0.05, 0) is 171 Å². The van der Waals surface area contributed by atoms with Gasteiger partial charge in [-0.25, -0.2) is 13.2 Å². The Hall–Kier alpha value is -1.41. The van der Waals surface area contributed by atoms with Crippen LogP contribution in [0.5, 0.6) is 0 Å². The zero-order valence-corrected chi connectivity index (χ0v) is 37.0. The maximum atomic E-state index is 12.6. The van der Waals surface area contributed by atoms with E-state index in [2.05, 4.69) is 11.7 Å². The molecule has 9 rings (SSSR count). The first-order valence-corrected chi connectivity index (χ1v) is 24.9. The fourth-order valence-corrected chi connectivity index (χ4v) is 13.7. The average Bonchev–Trinajstić information content (AvgIpc) is 3.61. The summed E-state index contributed by atoms with van der Waals surface area (Å²) >= 11 is 0. The Labute approximate surface area is 339 Å². The molecule has 8 saturated carbocycles. The number of rotatable bonds is 14. The van der Waals surface area contributed by atoms with Crippen molar-refractivity contribution >= 4 is 38.9 Å². The fraction of sp³-hybridized carbons (Fsp3) is 0.930. The first-order chi connectivity index (χ1) is 26.1. The highest BCUT2D eigenvalue weighted by atomic mass is 32.2. The van der Waals surface area contributed by atoms with Gasteiger partial charge >= 0.3 is 17.9 Å². The van der Waals surface area contributed by atoms with Crippen LogP contribution in [0.1, 0.15) is 145 Å². The second-order valence-corrected chi connectivity index (χ2v) is 23.8. The van der Waals surface area contributed by atoms with Crippen LogP contribution in [0.4, 0.5) is 0 Å². The summed E-state index contributed by atoms with van der Waals surface area (Å²) in [6.45, 7) is 13.5. The van der Waals surface area contributed by atoms with Crippen molar-refractivity contribution in [3.05, 3.63) is 0 Å². The summed E-state index contributed by atoms with van der Waals surface area (Å²) in [6, 6.07) is 0. The van der Waals surface area contributed by atoms with E-state index < -0.39 is 32.7 Å². The van der Waals surface area contributed by atoms with Crippen molar-refractivity contribution < 1.29 is 51.4 Å². The van der Waals surface area contributed by atoms with E-state index in [1.807, 2.05) is 27.7 Å². The summed E-state index contributed by atoms with van der Waals surface area (Å²) in [7, 11) is -3.96. The van der Waals surface area contributed by atoms with Gasteiger partial charge in [0.2, 0.25) is 5.75 Å². The number of aliphatic hydroxyl groups is 1. The third-order valence-corrected chi connectivity index (χ3v) is 17.8. The Morgan fingerprint density at radius 2 is 1.25 bits per heavy atom. The number of ether oxygens (including phenoxy) is 4. The number of aliphatic hydroxyl groups excluding tert-OH is 1. The van der Waals surface area contributed by atoms with Crippen molar-refractivity contribution in [1.29, 1.82) is 0 Å². The number of hydrogen-bond acceptors (Lipinski definition) is 11. The lowest BCUT2D eigenvalue weighted by Gasteiger charge is -2.61. The molecule has 2 unspecified atom stereocenters. The molecular formula is C43H72O11S2. The molecule has 8 aliphatic carbocycles. The van der Waals surface area contributed by atoms with E-state index in [0.717, 1.165) is 50.4 Å². The molecule has 1 saturated heterocycles. The summed E-state index contributed by atoms with van der Waals surface area (Å²) < 4.78 is 53.6. The first kappa shape index (κ1) is 45.7. The van der Waals surface area contributed by atoms with Gasteiger partial charge in [-0.15, -0.1) is 0 Å².